The van der Waals surface area contributed by atoms with Gasteiger partial charge in [-0.15, -0.1) is 0 Å². The van der Waals surface area contributed by atoms with Crippen molar-refractivity contribution in [1.82, 2.24) is 0 Å². The summed E-state index contributed by atoms with van der Waals surface area (Å²) in [5.74, 6) is -0.666. The predicted octanol–water partition coefficient (Wildman–Crippen LogP) is 8.32. The molecule has 0 fully saturated rings. The average Bonchev–Trinajstić information content (AvgIpc) is 3.00. The van der Waals surface area contributed by atoms with Crippen molar-refractivity contribution in [2.24, 2.45) is 5.92 Å². The van der Waals surface area contributed by atoms with Gasteiger partial charge in [0.1, 0.15) is 11.5 Å². The molecule has 0 spiro atoms. The van der Waals surface area contributed by atoms with E-state index in [9.17, 15) is 14.4 Å². The summed E-state index contributed by atoms with van der Waals surface area (Å²) in [6.07, 6.45) is 4.35. The van der Waals surface area contributed by atoms with E-state index in [1.54, 1.807) is 12.1 Å². The molecular formula is C34H39ClO7. The van der Waals surface area contributed by atoms with Gasteiger partial charge in [0, 0.05) is 0 Å². The summed E-state index contributed by atoms with van der Waals surface area (Å²) >= 11 is 6.44. The number of carbonyl (C=O) groups is 3. The van der Waals surface area contributed by atoms with Crippen LogP contribution in [-0.4, -0.2) is 37.2 Å². The van der Waals surface area contributed by atoms with Crippen LogP contribution in [0.4, 0.5) is 0 Å². The van der Waals surface area contributed by atoms with Crippen molar-refractivity contribution in [2.75, 3.05) is 13.2 Å². The Hall–Kier alpha value is -3.84. The molecule has 0 saturated heterocycles. The zero-order valence-corrected chi connectivity index (χ0v) is 25.4. The second kappa shape index (κ2) is 16.6. The fraction of sp³-hybridized carbons (Fsp3) is 0.382. The maximum absolute atomic E-state index is 12.7. The Balaban J connectivity index is 1.52. The molecule has 0 unspecified atom stereocenters. The van der Waals surface area contributed by atoms with E-state index in [0.29, 0.717) is 22.9 Å². The number of hydrogen-bond acceptors (Lipinski definition) is 7. The number of benzene rings is 3. The van der Waals surface area contributed by atoms with E-state index >= 15 is 0 Å². The van der Waals surface area contributed by atoms with E-state index in [2.05, 4.69) is 6.92 Å². The summed E-state index contributed by atoms with van der Waals surface area (Å²) < 4.78 is 21.7. The van der Waals surface area contributed by atoms with Crippen LogP contribution in [0.5, 0.6) is 11.5 Å². The number of halogens is 1. The number of carbonyl (C=O) groups excluding carboxylic acids is 3. The van der Waals surface area contributed by atoms with Crippen LogP contribution in [0.1, 0.15) is 80.5 Å². The minimum atomic E-state index is -1.04. The molecule has 3 aromatic rings. The van der Waals surface area contributed by atoms with E-state index < -0.39 is 24.0 Å². The largest absolute Gasteiger partial charge is 0.492 e. The topological polar surface area (TPSA) is 88.1 Å². The Morgan fingerprint density at radius 1 is 0.786 bits per heavy atom. The summed E-state index contributed by atoms with van der Waals surface area (Å²) in [6.45, 7) is 8.52. The highest BCUT2D eigenvalue weighted by molar-refractivity contribution is 6.32. The minimum Gasteiger partial charge on any atom is -0.492 e. The zero-order valence-electron chi connectivity index (χ0n) is 24.7. The number of hydrogen-bond donors (Lipinski definition) is 0. The minimum absolute atomic E-state index is 0.215. The van der Waals surface area contributed by atoms with Gasteiger partial charge in [-0.1, -0.05) is 76.3 Å². The van der Waals surface area contributed by atoms with Crippen LogP contribution in [0, 0.1) is 5.92 Å². The summed E-state index contributed by atoms with van der Waals surface area (Å²) in [4.78, 5) is 37.2. The molecule has 0 saturated carbocycles. The summed E-state index contributed by atoms with van der Waals surface area (Å²) in [7, 11) is 0. The lowest BCUT2D eigenvalue weighted by Crippen LogP contribution is -2.27. The molecule has 0 aromatic heterocycles. The molecule has 8 heteroatoms. The van der Waals surface area contributed by atoms with Crippen LogP contribution >= 0.6 is 11.6 Å². The molecule has 0 radical (unpaired) electrons. The lowest BCUT2D eigenvalue weighted by molar-refractivity contribution is -0.154. The van der Waals surface area contributed by atoms with Crippen molar-refractivity contribution in [2.45, 2.75) is 65.9 Å². The second-order valence-corrected chi connectivity index (χ2v) is 10.6. The molecule has 0 N–H and O–H groups in total. The first-order valence-electron chi connectivity index (χ1n) is 14.4. The van der Waals surface area contributed by atoms with E-state index in [1.807, 2.05) is 44.2 Å². The smallest absolute Gasteiger partial charge is 0.347 e. The molecule has 3 rings (SSSR count). The Kier molecular flexibility index (Phi) is 12.9. The molecule has 224 valence electrons. The molecule has 0 heterocycles. The Morgan fingerprint density at radius 3 is 2.07 bits per heavy atom. The van der Waals surface area contributed by atoms with Gasteiger partial charge in [0.05, 0.1) is 29.4 Å². The van der Waals surface area contributed by atoms with Gasteiger partial charge in [-0.25, -0.2) is 14.4 Å². The van der Waals surface area contributed by atoms with Crippen LogP contribution in [0.25, 0.3) is 11.1 Å². The monoisotopic (exact) mass is 594 g/mol. The summed E-state index contributed by atoms with van der Waals surface area (Å²) in [5, 5.41) is 0.537. The van der Waals surface area contributed by atoms with Gasteiger partial charge in [0.2, 0.25) is 0 Å². The van der Waals surface area contributed by atoms with Gasteiger partial charge < -0.3 is 18.9 Å². The predicted molar refractivity (Wildman–Crippen MR) is 163 cm³/mol. The first-order valence-corrected chi connectivity index (χ1v) is 14.8. The van der Waals surface area contributed by atoms with E-state index in [4.69, 9.17) is 30.5 Å². The summed E-state index contributed by atoms with van der Waals surface area (Å²) in [6, 6.07) is 18.6. The maximum Gasteiger partial charge on any atom is 0.347 e. The molecule has 0 aliphatic heterocycles. The van der Waals surface area contributed by atoms with Gasteiger partial charge in [-0.3, -0.25) is 0 Å². The third-order valence-electron chi connectivity index (χ3n) is 6.76. The third kappa shape index (κ3) is 9.91. The van der Waals surface area contributed by atoms with Crippen molar-refractivity contribution < 1.29 is 33.3 Å². The first kappa shape index (κ1) is 32.7. The van der Waals surface area contributed by atoms with E-state index in [1.165, 1.54) is 44.0 Å². The van der Waals surface area contributed by atoms with Crippen LogP contribution in [0.3, 0.4) is 0 Å². The lowest BCUT2D eigenvalue weighted by atomic mass is 10.0. The standard InChI is InChI=1S/C34H39ClO7/c1-5-7-8-9-20-39-31-19-16-28(21-30(31)35)25-10-12-26(13-11-25)34(38)42-29-17-14-27(15-18-29)33(37)41-24(4)32(36)40-22-23(3)6-2/h10-19,21,23-24H,5-9,20,22H2,1-4H3/t23-,24-/m0/s1. The molecular weight excluding hydrogens is 556 g/mol. The van der Waals surface area contributed by atoms with Crippen LogP contribution in [-0.2, 0) is 14.3 Å². The fourth-order valence-corrected chi connectivity index (χ4v) is 4.10. The quantitative estimate of drug-likeness (QED) is 0.0992. The van der Waals surface area contributed by atoms with Gasteiger partial charge in [-0.05, 0) is 78.9 Å². The number of ether oxygens (including phenoxy) is 4. The Morgan fingerprint density at radius 2 is 1.43 bits per heavy atom. The summed E-state index contributed by atoms with van der Waals surface area (Å²) in [5.41, 5.74) is 2.38. The fourth-order valence-electron chi connectivity index (χ4n) is 3.87. The average molecular weight is 595 g/mol. The Bertz CT molecular complexity index is 1320. The Labute approximate surface area is 253 Å². The van der Waals surface area contributed by atoms with Crippen molar-refractivity contribution in [1.29, 1.82) is 0 Å². The molecule has 0 amide bonds. The maximum atomic E-state index is 12.7. The van der Waals surface area contributed by atoms with Gasteiger partial charge in [0.25, 0.3) is 0 Å². The van der Waals surface area contributed by atoms with Crippen molar-refractivity contribution in [3.05, 3.63) is 82.9 Å². The SMILES string of the molecule is CCCCCCOc1ccc(-c2ccc(C(=O)Oc3ccc(C(=O)O[C@@H](C)C(=O)OC[C@@H](C)CC)cc3)cc2)cc1Cl. The zero-order chi connectivity index (χ0) is 30.5. The normalized spacial score (nSPS) is 12.2. The highest BCUT2D eigenvalue weighted by atomic mass is 35.5. The van der Waals surface area contributed by atoms with Crippen LogP contribution in [0.2, 0.25) is 5.02 Å². The van der Waals surface area contributed by atoms with Crippen molar-refractivity contribution >= 4 is 29.5 Å². The van der Waals surface area contributed by atoms with Crippen molar-refractivity contribution in [3.63, 3.8) is 0 Å². The molecule has 2 atom stereocenters. The van der Waals surface area contributed by atoms with Gasteiger partial charge in [-0.2, -0.15) is 0 Å². The number of unbranched alkanes of at least 4 members (excludes halogenated alkanes) is 3. The highest BCUT2D eigenvalue weighted by Crippen LogP contribution is 2.31. The van der Waals surface area contributed by atoms with Crippen LogP contribution < -0.4 is 9.47 Å². The van der Waals surface area contributed by atoms with Gasteiger partial charge in [0.15, 0.2) is 6.10 Å². The molecule has 0 aliphatic rings. The lowest BCUT2D eigenvalue weighted by Gasteiger charge is -2.15. The molecule has 3 aromatic carbocycles. The van der Waals surface area contributed by atoms with Crippen LogP contribution in [0.15, 0.2) is 66.7 Å². The third-order valence-corrected chi connectivity index (χ3v) is 7.06. The van der Waals surface area contributed by atoms with E-state index in [0.717, 1.165) is 30.4 Å². The first-order chi connectivity index (χ1) is 20.2. The molecule has 42 heavy (non-hydrogen) atoms. The second-order valence-electron chi connectivity index (χ2n) is 10.2. The number of esters is 3. The van der Waals surface area contributed by atoms with E-state index in [-0.39, 0.29) is 23.8 Å². The molecule has 0 aliphatic carbocycles. The van der Waals surface area contributed by atoms with Crippen molar-refractivity contribution in [3.8, 4) is 22.6 Å². The number of rotatable bonds is 15. The molecule has 7 nitrogen and oxygen atoms in total. The highest BCUT2D eigenvalue weighted by Gasteiger charge is 2.21. The van der Waals surface area contributed by atoms with Gasteiger partial charge >= 0.3 is 17.9 Å². The molecule has 0 bridgehead atoms.